The van der Waals surface area contributed by atoms with Gasteiger partial charge in [0.05, 0.1) is 19.6 Å². The molecule has 1 saturated carbocycles. The van der Waals surface area contributed by atoms with Crippen LogP contribution in [0.25, 0.3) is 0 Å². The van der Waals surface area contributed by atoms with Crippen LogP contribution in [0.2, 0.25) is 0 Å². The Bertz CT molecular complexity index is 586. The molecule has 1 heterocycles. The molecular formula is C17H20N2O2. The molecule has 0 aliphatic heterocycles. The van der Waals surface area contributed by atoms with E-state index in [-0.39, 0.29) is 11.9 Å². The fraction of sp³-hybridized carbons (Fsp3) is 0.353. The van der Waals surface area contributed by atoms with Crippen LogP contribution in [-0.4, -0.2) is 23.6 Å². The lowest BCUT2D eigenvalue weighted by molar-refractivity contribution is -0.121. The van der Waals surface area contributed by atoms with Crippen molar-refractivity contribution < 1.29 is 9.53 Å². The standard InChI is InChI=1S/C17H20N2O2/c1-21-15-8-4-13(5-9-15)16(19-10-2-3-11-19)12-17(20)18-14-6-7-14/h2-5,8-11,14,16H,6-7,12H2,1H3,(H,18,20)/t16-/m0/s1. The summed E-state index contributed by atoms with van der Waals surface area (Å²) >= 11 is 0. The summed E-state index contributed by atoms with van der Waals surface area (Å²) in [6, 6.07) is 12.3. The van der Waals surface area contributed by atoms with Crippen molar-refractivity contribution in [3.05, 3.63) is 54.4 Å². The van der Waals surface area contributed by atoms with Crippen molar-refractivity contribution in [2.45, 2.75) is 31.3 Å². The second-order valence-electron chi connectivity index (χ2n) is 5.47. The second-order valence-corrected chi connectivity index (χ2v) is 5.47. The quantitative estimate of drug-likeness (QED) is 0.886. The van der Waals surface area contributed by atoms with Crippen molar-refractivity contribution >= 4 is 5.91 Å². The normalized spacial score (nSPS) is 15.5. The summed E-state index contributed by atoms with van der Waals surface area (Å²) in [6.07, 6.45) is 6.68. The van der Waals surface area contributed by atoms with Gasteiger partial charge in [-0.15, -0.1) is 0 Å². The number of benzene rings is 1. The number of nitrogens with one attached hydrogen (secondary N) is 1. The SMILES string of the molecule is COc1ccc([C@H](CC(=O)NC2CC2)n2cccc2)cc1. The number of rotatable bonds is 6. The number of carbonyl (C=O) groups excluding carboxylic acids is 1. The molecule has 21 heavy (non-hydrogen) atoms. The lowest BCUT2D eigenvalue weighted by Gasteiger charge is -2.19. The molecule has 1 aromatic carbocycles. The van der Waals surface area contributed by atoms with E-state index in [1.54, 1.807) is 7.11 Å². The molecule has 4 heteroatoms. The predicted octanol–water partition coefficient (Wildman–Crippen LogP) is 2.75. The maximum atomic E-state index is 12.1. The highest BCUT2D eigenvalue weighted by atomic mass is 16.5. The van der Waals surface area contributed by atoms with Crippen molar-refractivity contribution in [3.63, 3.8) is 0 Å². The molecule has 1 aromatic heterocycles. The number of nitrogens with zero attached hydrogens (tertiary/aromatic N) is 1. The molecule has 0 bridgehead atoms. The Balaban J connectivity index is 1.79. The first-order valence-corrected chi connectivity index (χ1v) is 7.32. The van der Waals surface area contributed by atoms with Crippen LogP contribution in [0, 0.1) is 0 Å². The molecule has 0 spiro atoms. The van der Waals surface area contributed by atoms with E-state index in [2.05, 4.69) is 9.88 Å². The molecular weight excluding hydrogens is 264 g/mol. The van der Waals surface area contributed by atoms with Crippen LogP contribution in [0.5, 0.6) is 5.75 Å². The largest absolute Gasteiger partial charge is 0.497 e. The smallest absolute Gasteiger partial charge is 0.222 e. The molecule has 0 saturated heterocycles. The third-order valence-corrected chi connectivity index (χ3v) is 3.81. The molecule has 1 amide bonds. The van der Waals surface area contributed by atoms with Gasteiger partial charge in [0, 0.05) is 18.4 Å². The Labute approximate surface area is 124 Å². The summed E-state index contributed by atoms with van der Waals surface area (Å²) in [4.78, 5) is 12.1. The fourth-order valence-corrected chi connectivity index (χ4v) is 2.47. The second kappa shape index (κ2) is 6.04. The lowest BCUT2D eigenvalue weighted by Crippen LogP contribution is -2.28. The Morgan fingerprint density at radius 2 is 1.95 bits per heavy atom. The van der Waals surface area contributed by atoms with Crippen molar-refractivity contribution in [2.75, 3.05) is 7.11 Å². The lowest BCUT2D eigenvalue weighted by atomic mass is 10.0. The van der Waals surface area contributed by atoms with Crippen molar-refractivity contribution in [3.8, 4) is 5.75 Å². The van der Waals surface area contributed by atoms with Gasteiger partial charge in [-0.1, -0.05) is 12.1 Å². The fourth-order valence-electron chi connectivity index (χ4n) is 2.47. The zero-order valence-electron chi connectivity index (χ0n) is 12.2. The topological polar surface area (TPSA) is 43.3 Å². The van der Waals surface area contributed by atoms with Crippen LogP contribution < -0.4 is 10.1 Å². The average molecular weight is 284 g/mol. The molecule has 0 radical (unpaired) electrons. The highest BCUT2D eigenvalue weighted by Gasteiger charge is 2.25. The van der Waals surface area contributed by atoms with E-state index in [0.717, 1.165) is 24.2 Å². The molecule has 4 nitrogen and oxygen atoms in total. The summed E-state index contributed by atoms with van der Waals surface area (Å²) in [6.45, 7) is 0. The molecule has 1 N–H and O–H groups in total. The first-order chi connectivity index (χ1) is 10.3. The number of aromatic nitrogens is 1. The van der Waals surface area contributed by atoms with Crippen molar-refractivity contribution in [1.82, 2.24) is 9.88 Å². The van der Waals surface area contributed by atoms with Crippen molar-refractivity contribution in [1.29, 1.82) is 0 Å². The zero-order valence-corrected chi connectivity index (χ0v) is 12.2. The highest BCUT2D eigenvalue weighted by Crippen LogP contribution is 2.25. The first kappa shape index (κ1) is 13.7. The summed E-state index contributed by atoms with van der Waals surface area (Å²) in [5, 5.41) is 3.06. The van der Waals surface area contributed by atoms with Crippen LogP contribution in [0.3, 0.4) is 0 Å². The minimum atomic E-state index is 0.0182. The summed E-state index contributed by atoms with van der Waals surface area (Å²) in [5.41, 5.74) is 1.11. The van der Waals surface area contributed by atoms with Gasteiger partial charge in [0.2, 0.25) is 5.91 Å². The van der Waals surface area contributed by atoms with Crippen LogP contribution in [-0.2, 0) is 4.79 Å². The Morgan fingerprint density at radius 1 is 1.29 bits per heavy atom. The number of carbonyl (C=O) groups is 1. The van der Waals surface area contributed by atoms with Gasteiger partial charge in [-0.25, -0.2) is 0 Å². The Kier molecular flexibility index (Phi) is 3.95. The molecule has 2 aromatic rings. The summed E-state index contributed by atoms with van der Waals surface area (Å²) in [7, 11) is 1.65. The zero-order chi connectivity index (χ0) is 14.7. The van der Waals surface area contributed by atoms with Crippen LogP contribution >= 0.6 is 0 Å². The summed E-state index contributed by atoms with van der Waals surface area (Å²) in [5.74, 6) is 0.944. The number of methoxy groups -OCH3 is 1. The Hall–Kier alpha value is -2.23. The van der Waals surface area contributed by atoms with Crippen LogP contribution in [0.1, 0.15) is 30.9 Å². The minimum Gasteiger partial charge on any atom is -0.497 e. The third-order valence-electron chi connectivity index (χ3n) is 3.81. The number of amides is 1. The molecule has 3 rings (SSSR count). The average Bonchev–Trinajstić information content (AvgIpc) is 3.15. The molecule has 0 unspecified atom stereocenters. The van der Waals surface area contributed by atoms with Gasteiger partial charge in [-0.3, -0.25) is 4.79 Å². The highest BCUT2D eigenvalue weighted by molar-refractivity contribution is 5.77. The van der Waals surface area contributed by atoms with Gasteiger partial charge in [-0.2, -0.15) is 0 Å². The van der Waals surface area contributed by atoms with Crippen LogP contribution in [0.4, 0.5) is 0 Å². The van der Waals surface area contributed by atoms with E-state index in [1.165, 1.54) is 0 Å². The van der Waals surface area contributed by atoms with E-state index in [4.69, 9.17) is 4.74 Å². The van der Waals surface area contributed by atoms with E-state index in [1.807, 2.05) is 48.8 Å². The molecule has 1 fully saturated rings. The van der Waals surface area contributed by atoms with Gasteiger partial charge in [0.15, 0.2) is 0 Å². The van der Waals surface area contributed by atoms with Gasteiger partial charge in [0.25, 0.3) is 0 Å². The number of hydrogen-bond acceptors (Lipinski definition) is 2. The molecule has 1 aliphatic carbocycles. The molecule has 1 aliphatic rings. The van der Waals surface area contributed by atoms with E-state index in [9.17, 15) is 4.79 Å². The maximum absolute atomic E-state index is 12.1. The predicted molar refractivity (Wildman–Crippen MR) is 81.3 cm³/mol. The minimum absolute atomic E-state index is 0.0182. The van der Waals surface area contributed by atoms with Crippen LogP contribution in [0.15, 0.2) is 48.8 Å². The first-order valence-electron chi connectivity index (χ1n) is 7.32. The Morgan fingerprint density at radius 3 is 2.52 bits per heavy atom. The van der Waals surface area contributed by atoms with E-state index >= 15 is 0 Å². The van der Waals surface area contributed by atoms with Gasteiger partial charge >= 0.3 is 0 Å². The molecule has 110 valence electrons. The van der Waals surface area contributed by atoms with Gasteiger partial charge in [0.1, 0.15) is 5.75 Å². The van der Waals surface area contributed by atoms with E-state index in [0.29, 0.717) is 12.5 Å². The number of hydrogen-bond donors (Lipinski definition) is 1. The van der Waals surface area contributed by atoms with Crippen molar-refractivity contribution in [2.24, 2.45) is 0 Å². The van der Waals surface area contributed by atoms with Gasteiger partial charge in [-0.05, 0) is 42.7 Å². The van der Waals surface area contributed by atoms with E-state index < -0.39 is 0 Å². The maximum Gasteiger partial charge on any atom is 0.222 e. The summed E-state index contributed by atoms with van der Waals surface area (Å²) < 4.78 is 7.27. The number of ether oxygens (including phenoxy) is 1. The van der Waals surface area contributed by atoms with Gasteiger partial charge < -0.3 is 14.6 Å². The third kappa shape index (κ3) is 3.45. The molecule has 1 atom stereocenters. The monoisotopic (exact) mass is 284 g/mol.